The van der Waals surface area contributed by atoms with Crippen molar-refractivity contribution in [2.45, 2.75) is 27.4 Å². The van der Waals surface area contributed by atoms with Crippen LogP contribution in [0.5, 0.6) is 0 Å². The number of nitrogens with one attached hydrogen (secondary N) is 2. The fourth-order valence-corrected chi connectivity index (χ4v) is 3.46. The molecule has 2 amide bonds. The van der Waals surface area contributed by atoms with Crippen LogP contribution in [0.4, 0.5) is 15.8 Å². The van der Waals surface area contributed by atoms with Crippen LogP contribution in [0.3, 0.4) is 0 Å². The molecule has 0 aliphatic carbocycles. The molecule has 4 rings (SSSR count). The Labute approximate surface area is 212 Å². The van der Waals surface area contributed by atoms with Gasteiger partial charge in [-0.2, -0.15) is 5.10 Å². The maximum absolute atomic E-state index is 14.1. The molecule has 9 nitrogen and oxygen atoms in total. The molecule has 3 aromatic heterocycles. The number of anilines is 2. The predicted molar refractivity (Wildman–Crippen MR) is 138 cm³/mol. The van der Waals surface area contributed by atoms with Crippen LogP contribution in [-0.2, 0) is 0 Å². The first-order valence-corrected chi connectivity index (χ1v) is 11.2. The predicted octanol–water partition coefficient (Wildman–Crippen LogP) is 4.65. The standard InChI is InChI=1S/C24H23ClFN7O2.CH4/c1-13(2)19(26)11-30-24(35)18-9-28-20(17-10-31-33-12-15(25)8-29-23(17)33)7-21(18)32-16-5-3-14(4-6-16)22(27)34;/h3-10,12-13,19H,11H2,1-2H3,(H2,27,34)(H,28,32)(H,30,35);1H4. The van der Waals surface area contributed by atoms with Crippen molar-refractivity contribution in [3.8, 4) is 11.3 Å². The lowest BCUT2D eigenvalue weighted by Gasteiger charge is -2.16. The molecule has 0 bridgehead atoms. The average Bonchev–Trinajstić information content (AvgIpc) is 3.25. The smallest absolute Gasteiger partial charge is 0.255 e. The molecule has 36 heavy (non-hydrogen) atoms. The minimum Gasteiger partial charge on any atom is -0.366 e. The van der Waals surface area contributed by atoms with E-state index in [1.165, 1.54) is 16.9 Å². The van der Waals surface area contributed by atoms with Crippen molar-refractivity contribution in [2.75, 3.05) is 11.9 Å². The summed E-state index contributed by atoms with van der Waals surface area (Å²) in [6.45, 7) is 3.37. The minimum atomic E-state index is -1.18. The van der Waals surface area contributed by atoms with Crippen molar-refractivity contribution < 1.29 is 14.0 Å². The lowest BCUT2D eigenvalue weighted by molar-refractivity contribution is 0.0934. The van der Waals surface area contributed by atoms with Gasteiger partial charge in [-0.05, 0) is 36.2 Å². The van der Waals surface area contributed by atoms with E-state index in [9.17, 15) is 14.0 Å². The number of nitrogens with zero attached hydrogens (tertiary/aromatic N) is 4. The number of fused-ring (bicyclic) bond motifs is 1. The van der Waals surface area contributed by atoms with Gasteiger partial charge in [-0.15, -0.1) is 0 Å². The van der Waals surface area contributed by atoms with Crippen LogP contribution in [0.15, 0.2) is 55.1 Å². The highest BCUT2D eigenvalue weighted by Gasteiger charge is 2.19. The number of primary amides is 1. The molecule has 1 unspecified atom stereocenters. The Kier molecular flexibility index (Phi) is 8.21. The van der Waals surface area contributed by atoms with Gasteiger partial charge in [0.1, 0.15) is 6.17 Å². The van der Waals surface area contributed by atoms with Crippen LogP contribution in [0.1, 0.15) is 42.0 Å². The van der Waals surface area contributed by atoms with E-state index >= 15 is 0 Å². The van der Waals surface area contributed by atoms with Gasteiger partial charge in [-0.25, -0.2) is 13.9 Å². The molecule has 4 aromatic rings. The molecule has 0 fully saturated rings. The van der Waals surface area contributed by atoms with Crippen LogP contribution in [0.25, 0.3) is 16.9 Å². The van der Waals surface area contributed by atoms with E-state index in [2.05, 4.69) is 25.7 Å². The van der Waals surface area contributed by atoms with Crippen molar-refractivity contribution in [1.82, 2.24) is 24.9 Å². The number of rotatable bonds is 8. The summed E-state index contributed by atoms with van der Waals surface area (Å²) in [5.74, 6) is -1.25. The van der Waals surface area contributed by atoms with E-state index < -0.39 is 18.0 Å². The molecule has 0 saturated heterocycles. The third-order valence-electron chi connectivity index (χ3n) is 5.38. The first-order valence-electron chi connectivity index (χ1n) is 10.8. The normalized spacial score (nSPS) is 11.7. The molecule has 1 atom stereocenters. The molecule has 4 N–H and O–H groups in total. The summed E-state index contributed by atoms with van der Waals surface area (Å²) < 4.78 is 15.6. The molecule has 188 valence electrons. The molecule has 11 heteroatoms. The van der Waals surface area contributed by atoms with Gasteiger partial charge in [-0.3, -0.25) is 14.6 Å². The van der Waals surface area contributed by atoms with E-state index in [0.717, 1.165) is 0 Å². The molecule has 3 heterocycles. The number of aromatic nitrogens is 4. The number of pyridine rings is 1. The van der Waals surface area contributed by atoms with Gasteiger partial charge < -0.3 is 16.4 Å². The van der Waals surface area contributed by atoms with Gasteiger partial charge in [0.15, 0.2) is 5.65 Å². The third kappa shape index (κ3) is 5.77. The Morgan fingerprint density at radius 2 is 1.86 bits per heavy atom. The van der Waals surface area contributed by atoms with Crippen molar-refractivity contribution >= 4 is 40.4 Å². The SMILES string of the molecule is C.CC(C)C(F)CNC(=O)c1cnc(-c2cnn3cc(Cl)cnc23)cc1Nc1ccc(C(N)=O)cc1. The summed E-state index contributed by atoms with van der Waals surface area (Å²) in [6.07, 6.45) is 4.96. The topological polar surface area (TPSA) is 127 Å². The number of alkyl halides is 1. The summed E-state index contributed by atoms with van der Waals surface area (Å²) in [5.41, 5.74) is 8.59. The van der Waals surface area contributed by atoms with Crippen LogP contribution >= 0.6 is 11.6 Å². The monoisotopic (exact) mass is 511 g/mol. The summed E-state index contributed by atoms with van der Waals surface area (Å²) in [5, 5.41) is 10.5. The fourth-order valence-electron chi connectivity index (χ4n) is 3.31. The summed E-state index contributed by atoms with van der Waals surface area (Å²) in [7, 11) is 0. The zero-order valence-corrected chi connectivity index (χ0v) is 19.8. The van der Waals surface area contributed by atoms with Crippen LogP contribution in [0.2, 0.25) is 5.02 Å². The van der Waals surface area contributed by atoms with Crippen LogP contribution in [0, 0.1) is 5.92 Å². The largest absolute Gasteiger partial charge is 0.366 e. The highest BCUT2D eigenvalue weighted by Crippen LogP contribution is 2.29. The van der Waals surface area contributed by atoms with Crippen molar-refractivity contribution in [3.05, 3.63) is 71.3 Å². The van der Waals surface area contributed by atoms with Gasteiger partial charge in [0.05, 0.1) is 39.9 Å². The van der Waals surface area contributed by atoms with Gasteiger partial charge in [0.2, 0.25) is 5.91 Å². The maximum atomic E-state index is 14.1. The first kappa shape index (κ1) is 26.6. The van der Waals surface area contributed by atoms with Gasteiger partial charge in [0.25, 0.3) is 5.91 Å². The Bertz CT molecular complexity index is 1390. The first-order chi connectivity index (χ1) is 16.7. The Morgan fingerprint density at radius 3 is 2.53 bits per heavy atom. The van der Waals surface area contributed by atoms with E-state index in [1.807, 2.05) is 0 Å². The van der Waals surface area contributed by atoms with E-state index in [0.29, 0.717) is 38.9 Å². The molecule has 0 spiro atoms. The molecule has 0 aliphatic rings. The summed E-state index contributed by atoms with van der Waals surface area (Å²) in [6, 6.07) is 8.15. The number of amides is 2. The molecule has 0 aliphatic heterocycles. The number of carbonyl (C=O) groups is 2. The lowest BCUT2D eigenvalue weighted by Crippen LogP contribution is -2.32. The zero-order chi connectivity index (χ0) is 25.1. The maximum Gasteiger partial charge on any atom is 0.255 e. The second-order valence-corrected chi connectivity index (χ2v) is 8.69. The molecule has 0 radical (unpaired) electrons. The molecular formula is C25H27ClFN7O2. The van der Waals surface area contributed by atoms with Crippen LogP contribution in [-0.4, -0.2) is 44.1 Å². The number of benzene rings is 1. The third-order valence-corrected chi connectivity index (χ3v) is 5.57. The Hall–Kier alpha value is -4.05. The summed E-state index contributed by atoms with van der Waals surface area (Å²) >= 11 is 6.00. The second kappa shape index (κ2) is 11.1. The number of hydrogen-bond donors (Lipinski definition) is 3. The number of hydrogen-bond acceptors (Lipinski definition) is 6. The molecule has 0 saturated carbocycles. The number of carbonyl (C=O) groups excluding carboxylic acids is 2. The lowest BCUT2D eigenvalue weighted by atomic mass is 10.1. The highest BCUT2D eigenvalue weighted by atomic mass is 35.5. The number of halogens is 2. The van der Waals surface area contributed by atoms with Gasteiger partial charge in [-0.1, -0.05) is 32.9 Å². The molecule has 1 aromatic carbocycles. The minimum absolute atomic E-state index is 0. The Balaban J connectivity index is 0.00000361. The Morgan fingerprint density at radius 1 is 1.14 bits per heavy atom. The average molecular weight is 512 g/mol. The number of nitrogens with two attached hydrogens (primary N) is 1. The fraction of sp³-hybridized carbons (Fsp3) is 0.240. The highest BCUT2D eigenvalue weighted by molar-refractivity contribution is 6.30. The summed E-state index contributed by atoms with van der Waals surface area (Å²) in [4.78, 5) is 33.0. The van der Waals surface area contributed by atoms with Gasteiger partial charge in [0, 0.05) is 30.2 Å². The quantitative estimate of drug-likeness (QED) is 0.316. The van der Waals surface area contributed by atoms with Crippen LogP contribution < -0.4 is 16.4 Å². The van der Waals surface area contributed by atoms with Crippen molar-refractivity contribution in [1.29, 1.82) is 0 Å². The van der Waals surface area contributed by atoms with Gasteiger partial charge >= 0.3 is 0 Å². The van der Waals surface area contributed by atoms with Crippen molar-refractivity contribution in [3.63, 3.8) is 0 Å². The van der Waals surface area contributed by atoms with E-state index in [4.69, 9.17) is 17.3 Å². The molecular weight excluding hydrogens is 485 g/mol. The van der Waals surface area contributed by atoms with E-state index in [-0.39, 0.29) is 25.5 Å². The van der Waals surface area contributed by atoms with E-state index in [1.54, 1.807) is 56.6 Å². The van der Waals surface area contributed by atoms with Crippen molar-refractivity contribution in [2.24, 2.45) is 11.7 Å². The second-order valence-electron chi connectivity index (χ2n) is 8.25. The zero-order valence-electron chi connectivity index (χ0n) is 19.0.